The Hall–Kier alpha value is -2.23. The minimum Gasteiger partial charge on any atom is -0.496 e. The topological polar surface area (TPSA) is 44.8 Å². The van der Waals surface area contributed by atoms with Crippen LogP contribution in [0.2, 0.25) is 0 Å². The van der Waals surface area contributed by atoms with Crippen LogP contribution < -0.4 is 9.47 Å². The van der Waals surface area contributed by atoms with Crippen molar-refractivity contribution in [3.8, 4) is 11.5 Å². The molecule has 0 radical (unpaired) electrons. The fraction of sp³-hybridized carbons (Fsp3) is 0.560. The molecule has 4 nitrogen and oxygen atoms in total. The van der Waals surface area contributed by atoms with E-state index in [0.717, 1.165) is 53.9 Å². The average molecular weight is 401 g/mol. The van der Waals surface area contributed by atoms with E-state index in [1.807, 2.05) is 6.92 Å². The Labute approximate surface area is 175 Å². The molecule has 0 spiro atoms. The highest BCUT2D eigenvalue weighted by Gasteiger charge is 2.42. The zero-order valence-electron chi connectivity index (χ0n) is 18.7. The summed E-state index contributed by atoms with van der Waals surface area (Å²) in [5, 5.41) is 0. The molecule has 0 heterocycles. The number of unbranched alkanes of at least 4 members (excludes halogenated alkanes) is 2. The highest BCUT2D eigenvalue weighted by atomic mass is 16.5. The molecule has 1 fully saturated rings. The molecule has 1 aromatic carbocycles. The zero-order valence-corrected chi connectivity index (χ0v) is 18.7. The molecule has 29 heavy (non-hydrogen) atoms. The van der Waals surface area contributed by atoms with Crippen molar-refractivity contribution in [2.45, 2.75) is 71.3 Å². The summed E-state index contributed by atoms with van der Waals surface area (Å²) in [6.45, 7) is 14.1. The van der Waals surface area contributed by atoms with Gasteiger partial charge in [-0.2, -0.15) is 0 Å². The fourth-order valence-corrected chi connectivity index (χ4v) is 4.41. The molecule has 4 heteroatoms. The van der Waals surface area contributed by atoms with Gasteiger partial charge in [-0.15, -0.1) is 0 Å². The number of ether oxygens (including phenoxy) is 3. The van der Waals surface area contributed by atoms with Crippen molar-refractivity contribution in [1.82, 2.24) is 0 Å². The molecular formula is C25H36O4. The lowest BCUT2D eigenvalue weighted by molar-refractivity contribution is -0.146. The van der Waals surface area contributed by atoms with Crippen LogP contribution in [0.4, 0.5) is 0 Å². The first-order valence-electron chi connectivity index (χ1n) is 10.6. The summed E-state index contributed by atoms with van der Waals surface area (Å²) < 4.78 is 17.4. The fourth-order valence-electron chi connectivity index (χ4n) is 4.41. The van der Waals surface area contributed by atoms with Crippen molar-refractivity contribution in [3.63, 3.8) is 0 Å². The number of carbonyl (C=O) groups is 1. The molecule has 1 saturated carbocycles. The van der Waals surface area contributed by atoms with Crippen LogP contribution in [-0.2, 0) is 16.0 Å². The van der Waals surface area contributed by atoms with Gasteiger partial charge in [0, 0.05) is 18.4 Å². The molecule has 2 rings (SSSR count). The van der Waals surface area contributed by atoms with Gasteiger partial charge in [-0.25, -0.2) is 0 Å². The number of benzene rings is 1. The third-order valence-corrected chi connectivity index (χ3v) is 5.87. The van der Waals surface area contributed by atoms with Crippen LogP contribution in [0.3, 0.4) is 0 Å². The molecule has 1 aliphatic carbocycles. The van der Waals surface area contributed by atoms with Gasteiger partial charge in [0.1, 0.15) is 17.6 Å². The molecule has 1 aromatic rings. The number of rotatable bonds is 9. The van der Waals surface area contributed by atoms with E-state index in [1.54, 1.807) is 14.2 Å². The normalized spacial score (nSPS) is 21.6. The second-order valence-corrected chi connectivity index (χ2v) is 8.08. The molecule has 3 atom stereocenters. The van der Waals surface area contributed by atoms with Crippen LogP contribution in [0.5, 0.6) is 11.5 Å². The number of methoxy groups -OCH3 is 2. The Morgan fingerprint density at radius 1 is 1.14 bits per heavy atom. The van der Waals surface area contributed by atoms with Crippen molar-refractivity contribution in [1.29, 1.82) is 0 Å². The standard InChI is InChI=1S/C25H36O4/c1-8-9-10-11-19-14-21(27-6)24(22(15-19)28-7)23-20(16(2)3)13-12-17(4)25(23)29-18(5)26/h14-15,20,23,25H,2,4,8-13H2,1,3,5-7H3/t20-,23+,25?/m1/s1. The van der Waals surface area contributed by atoms with Crippen LogP contribution in [0.1, 0.15) is 69.9 Å². The van der Waals surface area contributed by atoms with Gasteiger partial charge in [0.05, 0.1) is 14.2 Å². The van der Waals surface area contributed by atoms with Gasteiger partial charge in [0.25, 0.3) is 0 Å². The lowest BCUT2D eigenvalue weighted by Crippen LogP contribution is -2.36. The lowest BCUT2D eigenvalue weighted by Gasteiger charge is -2.40. The van der Waals surface area contributed by atoms with Crippen molar-refractivity contribution in [3.05, 3.63) is 47.6 Å². The van der Waals surface area contributed by atoms with Crippen molar-refractivity contribution >= 4 is 5.97 Å². The molecule has 160 valence electrons. The van der Waals surface area contributed by atoms with Gasteiger partial charge < -0.3 is 14.2 Å². The summed E-state index contributed by atoms with van der Waals surface area (Å²) in [5.41, 5.74) is 4.13. The lowest BCUT2D eigenvalue weighted by atomic mass is 9.68. The summed E-state index contributed by atoms with van der Waals surface area (Å²) in [5.74, 6) is 1.27. The number of allylic oxidation sites excluding steroid dienone is 1. The first-order chi connectivity index (χ1) is 13.8. The highest BCUT2D eigenvalue weighted by Crippen LogP contribution is 2.50. The van der Waals surface area contributed by atoms with E-state index in [-0.39, 0.29) is 17.8 Å². The van der Waals surface area contributed by atoms with Gasteiger partial charge in [0.15, 0.2) is 0 Å². The third-order valence-electron chi connectivity index (χ3n) is 5.87. The van der Waals surface area contributed by atoms with E-state index in [2.05, 4.69) is 32.2 Å². The van der Waals surface area contributed by atoms with Crippen LogP contribution in [0.25, 0.3) is 0 Å². The minimum atomic E-state index is -0.420. The maximum Gasteiger partial charge on any atom is 0.303 e. The van der Waals surface area contributed by atoms with E-state index in [4.69, 9.17) is 14.2 Å². The van der Waals surface area contributed by atoms with E-state index >= 15 is 0 Å². The van der Waals surface area contributed by atoms with Gasteiger partial charge >= 0.3 is 5.97 Å². The molecule has 1 aliphatic rings. The third kappa shape index (κ3) is 5.43. The van der Waals surface area contributed by atoms with E-state index in [1.165, 1.54) is 25.3 Å². The highest BCUT2D eigenvalue weighted by molar-refractivity contribution is 5.67. The molecule has 0 amide bonds. The molecule has 0 aliphatic heterocycles. The molecule has 0 N–H and O–H groups in total. The SMILES string of the molecule is C=C1CC[C@H](C(=C)C)[C@@H](c2c(OC)cc(CCCCC)cc2OC)C1OC(C)=O. The van der Waals surface area contributed by atoms with E-state index < -0.39 is 6.10 Å². The van der Waals surface area contributed by atoms with Gasteiger partial charge in [-0.3, -0.25) is 4.79 Å². The summed E-state index contributed by atoms with van der Waals surface area (Å²) >= 11 is 0. The quantitative estimate of drug-likeness (QED) is 0.290. The second kappa shape index (κ2) is 10.5. The average Bonchev–Trinajstić information content (AvgIpc) is 2.68. The Balaban J connectivity index is 2.59. The van der Waals surface area contributed by atoms with E-state index in [0.29, 0.717) is 0 Å². The Kier molecular flexibility index (Phi) is 8.36. The molecule has 0 saturated heterocycles. The monoisotopic (exact) mass is 400 g/mol. The van der Waals surface area contributed by atoms with Gasteiger partial charge in [0.2, 0.25) is 0 Å². The summed E-state index contributed by atoms with van der Waals surface area (Å²) in [6.07, 6.45) is 5.80. The first-order valence-corrected chi connectivity index (χ1v) is 10.6. The number of hydrogen-bond donors (Lipinski definition) is 0. The minimum absolute atomic E-state index is 0.132. The summed E-state index contributed by atoms with van der Waals surface area (Å²) in [6, 6.07) is 4.20. The summed E-state index contributed by atoms with van der Waals surface area (Å²) in [7, 11) is 3.37. The van der Waals surface area contributed by atoms with Crippen LogP contribution in [-0.4, -0.2) is 26.3 Å². The largest absolute Gasteiger partial charge is 0.496 e. The molecule has 0 aromatic heterocycles. The Morgan fingerprint density at radius 3 is 2.24 bits per heavy atom. The zero-order chi connectivity index (χ0) is 21.6. The second-order valence-electron chi connectivity index (χ2n) is 8.08. The van der Waals surface area contributed by atoms with Crippen molar-refractivity contribution < 1.29 is 19.0 Å². The predicted molar refractivity (Wildman–Crippen MR) is 118 cm³/mol. The molecular weight excluding hydrogens is 364 g/mol. The number of aryl methyl sites for hydroxylation is 1. The van der Waals surface area contributed by atoms with E-state index in [9.17, 15) is 4.79 Å². The maximum absolute atomic E-state index is 11.9. The van der Waals surface area contributed by atoms with Crippen molar-refractivity contribution in [2.75, 3.05) is 14.2 Å². The van der Waals surface area contributed by atoms with Crippen molar-refractivity contribution in [2.24, 2.45) is 5.92 Å². The number of hydrogen-bond acceptors (Lipinski definition) is 4. The predicted octanol–water partition coefficient (Wildman–Crippen LogP) is 5.99. The van der Waals surface area contributed by atoms with Crippen LogP contribution >= 0.6 is 0 Å². The Morgan fingerprint density at radius 2 is 1.76 bits per heavy atom. The van der Waals surface area contributed by atoms with Crippen LogP contribution in [0, 0.1) is 5.92 Å². The van der Waals surface area contributed by atoms with Gasteiger partial charge in [-0.05, 0) is 61.8 Å². The molecule has 0 bridgehead atoms. The Bertz CT molecular complexity index is 724. The summed E-state index contributed by atoms with van der Waals surface area (Å²) in [4.78, 5) is 11.9. The number of esters is 1. The number of carbonyl (C=O) groups excluding carboxylic acids is 1. The molecule has 1 unspecified atom stereocenters. The smallest absolute Gasteiger partial charge is 0.303 e. The van der Waals surface area contributed by atoms with Gasteiger partial charge in [-0.1, -0.05) is 38.5 Å². The maximum atomic E-state index is 11.9. The first kappa shape index (κ1) is 23.1. The van der Waals surface area contributed by atoms with Crippen LogP contribution in [0.15, 0.2) is 36.4 Å².